The molecular formula is C87H69Cl3N24. The summed E-state index contributed by atoms with van der Waals surface area (Å²) in [5.74, 6) is 4.70. The average molecular weight is 1560 g/mol. The molecule has 0 aliphatic rings. The van der Waals surface area contributed by atoms with E-state index in [4.69, 9.17) is 34.8 Å². The number of benzene rings is 9. The first-order valence-electron chi connectivity index (χ1n) is 34.9. The van der Waals surface area contributed by atoms with Gasteiger partial charge in [0, 0.05) is 33.7 Å². The molecule has 6 aromatic heterocycles. The zero-order valence-corrected chi connectivity index (χ0v) is 63.8. The van der Waals surface area contributed by atoms with E-state index >= 15 is 0 Å². The number of nitrogens with zero attached hydrogens (tertiary/aromatic N) is 24. The van der Waals surface area contributed by atoms with Gasteiger partial charge in [-0.2, -0.15) is 0 Å². The molecule has 0 radical (unpaired) electrons. The number of aryl methyl sites for hydroxylation is 3. The van der Waals surface area contributed by atoms with Crippen molar-refractivity contribution in [2.75, 3.05) is 0 Å². The number of hydrogen-bond donors (Lipinski definition) is 0. The minimum Gasteiger partial charge on any atom is -0.236 e. The lowest BCUT2D eigenvalue weighted by Crippen LogP contribution is -1.74. The fourth-order valence-corrected chi connectivity index (χ4v) is 9.01. The highest BCUT2D eigenvalue weighted by Gasteiger charge is 2.02. The third-order valence-electron chi connectivity index (χ3n) is 14.4. The molecule has 15 rings (SSSR count). The minimum absolute atomic E-state index is 0.442. The van der Waals surface area contributed by atoms with Crippen LogP contribution in [0.3, 0.4) is 0 Å². The smallest absolute Gasteiger partial charge is 0.176 e. The molecule has 0 bridgehead atoms. The van der Waals surface area contributed by atoms with Gasteiger partial charge in [0.25, 0.3) is 0 Å². The van der Waals surface area contributed by atoms with Crippen molar-refractivity contribution in [3.63, 3.8) is 0 Å². The lowest BCUT2D eigenvalue weighted by molar-refractivity contribution is 1.11. The number of halogens is 3. The molecule has 558 valence electrons. The molecule has 0 saturated carbocycles. The number of rotatable bonds is 18. The van der Waals surface area contributed by atoms with Gasteiger partial charge in [-0.05, 0) is 239 Å². The predicted octanol–water partition coefficient (Wildman–Crippen LogP) is 31.1. The van der Waals surface area contributed by atoms with Gasteiger partial charge in [-0.25, -0.2) is 29.9 Å². The van der Waals surface area contributed by atoms with Crippen LogP contribution in [0.15, 0.2) is 456 Å². The zero-order chi connectivity index (χ0) is 79.3. The summed E-state index contributed by atoms with van der Waals surface area (Å²) in [6, 6.07) is 106. The number of hydrogen-bond acceptors (Lipinski definition) is 24. The van der Waals surface area contributed by atoms with Crippen molar-refractivity contribution in [2.24, 2.45) is 92.1 Å². The highest BCUT2D eigenvalue weighted by atomic mass is 35.5. The van der Waals surface area contributed by atoms with Gasteiger partial charge >= 0.3 is 0 Å². The van der Waals surface area contributed by atoms with E-state index in [0.29, 0.717) is 78.8 Å². The van der Waals surface area contributed by atoms with E-state index in [1.807, 2.05) is 245 Å². The van der Waals surface area contributed by atoms with Gasteiger partial charge in [0.1, 0.15) is 0 Å². The van der Waals surface area contributed by atoms with Crippen molar-refractivity contribution >= 4 is 138 Å². The summed E-state index contributed by atoms with van der Waals surface area (Å²) >= 11 is 17.4. The number of aromatic nitrogens is 6. The molecule has 0 amide bonds. The molecule has 9 aromatic carbocycles. The van der Waals surface area contributed by atoms with Crippen LogP contribution in [-0.2, 0) is 0 Å². The average Bonchev–Trinajstić information content (AvgIpc) is 0.886. The van der Waals surface area contributed by atoms with Crippen molar-refractivity contribution < 1.29 is 0 Å². The quantitative estimate of drug-likeness (QED) is 0.0751. The molecule has 0 spiro atoms. The number of azo groups is 9. The molecule has 0 unspecified atom stereocenters. The molecule has 0 aliphatic carbocycles. The fraction of sp³-hybridized carbons (Fsp3) is 0.0345. The second-order valence-corrected chi connectivity index (χ2v) is 24.7. The molecule has 0 atom stereocenters. The first-order chi connectivity index (χ1) is 55.9. The van der Waals surface area contributed by atoms with Crippen LogP contribution in [0, 0.1) is 20.8 Å². The summed E-state index contributed by atoms with van der Waals surface area (Å²) in [6.07, 6.45) is 5.07. The Bertz CT molecular complexity index is 5140. The zero-order valence-electron chi connectivity index (χ0n) is 61.5. The monoisotopic (exact) mass is 1550 g/mol. The van der Waals surface area contributed by atoms with E-state index in [-0.39, 0.29) is 0 Å². The second-order valence-electron chi connectivity index (χ2n) is 23.4. The molecule has 27 heteroatoms. The van der Waals surface area contributed by atoms with Crippen LogP contribution in [0.1, 0.15) is 16.7 Å². The largest absolute Gasteiger partial charge is 0.236 e. The van der Waals surface area contributed by atoms with Crippen LogP contribution in [0.25, 0.3) is 0 Å². The van der Waals surface area contributed by atoms with Crippen molar-refractivity contribution in [1.29, 1.82) is 0 Å². The van der Waals surface area contributed by atoms with Gasteiger partial charge in [0.2, 0.25) is 0 Å². The molecule has 114 heavy (non-hydrogen) atoms. The third-order valence-corrected chi connectivity index (χ3v) is 15.1. The standard InChI is InChI=1S/C19H17N5.C17H11Cl2N5.C17H13N5.C12H11N3.C11H8ClN3.C11H9N3/c1-14-6-10-16(11-7-14)21-23-18-4-3-5-19(20-18)24-22-17-12-8-15(2)9-13-17;18-12-4-8-14(9-5-12)21-23-16-2-1-3-17(20-16)24-22-15-10-6-13(19)7-11-15;1-3-8-14(9-4-1)19-21-16-12-7-13-17(18-16)22-20-15-10-5-2-6-11-15;1-10-5-7-11(8-6-10)14-15-12-4-2-3-9-13-12;12-9-4-6-10(7-5-9)14-15-11-3-1-2-8-13-11;1-2-6-10(7-3-1)13-14-11-8-4-5-9-12-11/h3-13H,1-2H3;1-11H;1-13H;2-9H,1H3;1-8H;1-9H. The Labute approximate surface area is 673 Å². The Kier molecular flexibility index (Phi) is 33.3. The van der Waals surface area contributed by atoms with E-state index in [9.17, 15) is 0 Å². The summed E-state index contributed by atoms with van der Waals surface area (Å²) in [7, 11) is 0. The Morgan fingerprint density at radius 1 is 0.158 bits per heavy atom. The Hall–Kier alpha value is -14.9. The Morgan fingerprint density at radius 3 is 0.518 bits per heavy atom. The van der Waals surface area contributed by atoms with E-state index in [1.165, 1.54) is 16.7 Å². The Balaban J connectivity index is 0.000000147. The molecule has 0 N–H and O–H groups in total. The van der Waals surface area contributed by atoms with Gasteiger partial charge in [-0.3, -0.25) is 0 Å². The number of pyridine rings is 6. The summed E-state index contributed by atoms with van der Waals surface area (Å²) < 4.78 is 0. The van der Waals surface area contributed by atoms with Crippen molar-refractivity contribution in [3.8, 4) is 0 Å². The van der Waals surface area contributed by atoms with Gasteiger partial charge in [0.05, 0.1) is 51.2 Å². The van der Waals surface area contributed by atoms with E-state index in [2.05, 4.69) is 122 Å². The lowest BCUT2D eigenvalue weighted by atomic mass is 10.2. The van der Waals surface area contributed by atoms with E-state index in [0.717, 1.165) is 39.8 Å². The van der Waals surface area contributed by atoms with E-state index < -0.39 is 0 Å². The van der Waals surface area contributed by atoms with Crippen molar-refractivity contribution in [3.05, 3.63) is 396 Å². The highest BCUT2D eigenvalue weighted by Crippen LogP contribution is 2.28. The van der Waals surface area contributed by atoms with E-state index in [1.54, 1.807) is 140 Å². The fourth-order valence-electron chi connectivity index (χ4n) is 8.63. The van der Waals surface area contributed by atoms with Crippen molar-refractivity contribution in [1.82, 2.24) is 29.9 Å². The summed E-state index contributed by atoms with van der Waals surface area (Å²) in [5, 5.41) is 75.6. The van der Waals surface area contributed by atoms with Crippen molar-refractivity contribution in [2.45, 2.75) is 20.8 Å². The van der Waals surface area contributed by atoms with Crippen LogP contribution < -0.4 is 0 Å². The summed E-state index contributed by atoms with van der Waals surface area (Å²) in [6.45, 7) is 6.11. The van der Waals surface area contributed by atoms with Crippen LogP contribution in [0.5, 0.6) is 0 Å². The maximum Gasteiger partial charge on any atom is 0.176 e. The van der Waals surface area contributed by atoms with Crippen LogP contribution >= 0.6 is 34.8 Å². The minimum atomic E-state index is 0.442. The second kappa shape index (κ2) is 46.5. The molecule has 15 aromatic rings. The Morgan fingerprint density at radius 2 is 0.325 bits per heavy atom. The van der Waals surface area contributed by atoms with Gasteiger partial charge in [-0.1, -0.05) is 179 Å². The molecule has 0 fully saturated rings. The van der Waals surface area contributed by atoms with Gasteiger partial charge in [0.15, 0.2) is 52.4 Å². The summed E-state index contributed by atoms with van der Waals surface area (Å²) in [5.41, 5.74) is 10.5. The normalized spacial score (nSPS) is 11.1. The van der Waals surface area contributed by atoms with Gasteiger partial charge < -0.3 is 0 Å². The highest BCUT2D eigenvalue weighted by molar-refractivity contribution is 6.31. The molecule has 24 nitrogen and oxygen atoms in total. The van der Waals surface area contributed by atoms with Crippen LogP contribution in [0.2, 0.25) is 15.1 Å². The molecular weight excluding hydrogens is 1490 g/mol. The predicted molar refractivity (Wildman–Crippen MR) is 450 cm³/mol. The maximum absolute atomic E-state index is 5.83. The molecule has 0 aliphatic heterocycles. The lowest BCUT2D eigenvalue weighted by Gasteiger charge is -1.96. The first-order valence-corrected chi connectivity index (χ1v) is 36.1. The topological polar surface area (TPSA) is 300 Å². The van der Waals surface area contributed by atoms with Crippen LogP contribution in [-0.4, -0.2) is 29.9 Å². The maximum atomic E-state index is 5.83. The molecule has 6 heterocycles. The van der Waals surface area contributed by atoms with Crippen LogP contribution in [0.4, 0.5) is 104 Å². The SMILES string of the molecule is Cc1ccc(N=Nc2cccc(N=Nc3ccc(C)cc3)n2)cc1.Cc1ccc(N=Nc2ccccn2)cc1.Clc1ccc(N=Nc2cccc(N=Nc3ccc(Cl)cc3)n2)cc1.Clc1ccc(N=Nc2ccccn2)cc1.c1ccc(N=Nc2cccc(N=Nc3ccccc3)n2)cc1.c1ccc(N=Nc2ccccn2)cc1. The third kappa shape index (κ3) is 31.8. The summed E-state index contributed by atoms with van der Waals surface area (Å²) in [4.78, 5) is 25.0. The molecule has 0 saturated heterocycles. The van der Waals surface area contributed by atoms with Gasteiger partial charge in [-0.15, -0.1) is 92.1 Å². The first kappa shape index (κ1) is 81.7.